The van der Waals surface area contributed by atoms with Gasteiger partial charge in [0, 0.05) is 36.3 Å². The maximum Gasteiger partial charge on any atom is 0.251 e. The van der Waals surface area contributed by atoms with Crippen LogP contribution in [0.5, 0.6) is 0 Å². The Labute approximate surface area is 187 Å². The van der Waals surface area contributed by atoms with Crippen molar-refractivity contribution in [1.82, 2.24) is 5.32 Å². The Morgan fingerprint density at radius 2 is 1.62 bits per heavy atom. The van der Waals surface area contributed by atoms with Crippen LogP contribution in [0, 0.1) is 0 Å². The highest BCUT2D eigenvalue weighted by atomic mass is 16.2. The largest absolute Gasteiger partial charge is 0.340 e. The van der Waals surface area contributed by atoms with Crippen molar-refractivity contribution in [2.24, 2.45) is 0 Å². The summed E-state index contributed by atoms with van der Waals surface area (Å²) in [5.41, 5.74) is 2.78. The molecule has 1 heterocycles. The topological polar surface area (TPSA) is 78.5 Å². The molecule has 1 atom stereocenters. The first-order valence-electron chi connectivity index (χ1n) is 10.7. The molecule has 0 bridgehead atoms. The lowest BCUT2D eigenvalue weighted by atomic mass is 10.0. The number of carbonyl (C=O) groups is 3. The molecule has 0 aliphatic carbocycles. The Balaban J connectivity index is 1.52. The summed E-state index contributed by atoms with van der Waals surface area (Å²) in [6.07, 6.45) is 1.73. The number of benzene rings is 3. The molecule has 1 aliphatic heterocycles. The number of hydrogen-bond donors (Lipinski definition) is 2. The van der Waals surface area contributed by atoms with E-state index in [0.717, 1.165) is 17.7 Å². The Hall–Kier alpha value is -3.93. The SMILES string of the molecule is O=C(N[C@@H](Cc1ccccc1)C(=O)Nc1cccc(N2CCCC2=O)c1)c1ccccc1. The van der Waals surface area contributed by atoms with Crippen LogP contribution in [0.2, 0.25) is 0 Å². The summed E-state index contributed by atoms with van der Waals surface area (Å²) in [6.45, 7) is 0.681. The number of anilines is 2. The maximum atomic E-state index is 13.2. The van der Waals surface area contributed by atoms with E-state index >= 15 is 0 Å². The molecule has 1 fully saturated rings. The van der Waals surface area contributed by atoms with E-state index in [0.29, 0.717) is 30.6 Å². The third-order valence-electron chi connectivity index (χ3n) is 5.44. The van der Waals surface area contributed by atoms with E-state index < -0.39 is 6.04 Å². The predicted octanol–water partition coefficient (Wildman–Crippen LogP) is 3.79. The molecule has 2 N–H and O–H groups in total. The molecule has 3 aromatic rings. The van der Waals surface area contributed by atoms with E-state index in [1.165, 1.54) is 0 Å². The molecule has 0 saturated carbocycles. The molecule has 1 saturated heterocycles. The molecule has 0 aromatic heterocycles. The second-order valence-corrected chi connectivity index (χ2v) is 7.77. The van der Waals surface area contributed by atoms with E-state index in [9.17, 15) is 14.4 Å². The Kier molecular flexibility index (Phi) is 6.60. The third kappa shape index (κ3) is 5.21. The minimum Gasteiger partial charge on any atom is -0.340 e. The zero-order chi connectivity index (χ0) is 22.3. The minimum absolute atomic E-state index is 0.0885. The second-order valence-electron chi connectivity index (χ2n) is 7.77. The molecular formula is C26H25N3O3. The lowest BCUT2D eigenvalue weighted by Gasteiger charge is -2.20. The van der Waals surface area contributed by atoms with Crippen molar-refractivity contribution in [3.63, 3.8) is 0 Å². The van der Waals surface area contributed by atoms with Crippen LogP contribution in [0.1, 0.15) is 28.8 Å². The standard InChI is InChI=1S/C26H25N3O3/c30-24-15-8-16-29(24)22-14-7-13-21(18-22)27-26(32)23(17-19-9-3-1-4-10-19)28-25(31)20-11-5-2-6-12-20/h1-7,9-14,18,23H,8,15-17H2,(H,27,32)(H,28,31)/t23-/m0/s1. The van der Waals surface area contributed by atoms with Gasteiger partial charge >= 0.3 is 0 Å². The number of hydrogen-bond acceptors (Lipinski definition) is 3. The van der Waals surface area contributed by atoms with Gasteiger partial charge < -0.3 is 15.5 Å². The van der Waals surface area contributed by atoms with Gasteiger partial charge in [-0.05, 0) is 42.3 Å². The Bertz CT molecular complexity index is 1100. The summed E-state index contributed by atoms with van der Waals surface area (Å²) in [4.78, 5) is 39.7. The van der Waals surface area contributed by atoms with Crippen LogP contribution >= 0.6 is 0 Å². The first-order valence-corrected chi connectivity index (χ1v) is 10.7. The van der Waals surface area contributed by atoms with E-state index in [4.69, 9.17) is 0 Å². The first-order chi connectivity index (χ1) is 15.6. The van der Waals surface area contributed by atoms with E-state index in [1.807, 2.05) is 48.5 Å². The van der Waals surface area contributed by atoms with Gasteiger partial charge in [-0.25, -0.2) is 0 Å². The fraction of sp³-hybridized carbons (Fsp3) is 0.192. The van der Waals surface area contributed by atoms with Crippen LogP contribution in [-0.2, 0) is 16.0 Å². The Morgan fingerprint density at radius 1 is 0.906 bits per heavy atom. The van der Waals surface area contributed by atoms with Gasteiger partial charge in [0.05, 0.1) is 0 Å². The fourth-order valence-electron chi connectivity index (χ4n) is 3.79. The minimum atomic E-state index is -0.762. The van der Waals surface area contributed by atoms with Crippen LogP contribution < -0.4 is 15.5 Å². The zero-order valence-corrected chi connectivity index (χ0v) is 17.7. The van der Waals surface area contributed by atoms with Crippen molar-refractivity contribution in [2.75, 3.05) is 16.8 Å². The van der Waals surface area contributed by atoms with Crippen LogP contribution in [0.3, 0.4) is 0 Å². The van der Waals surface area contributed by atoms with Gasteiger partial charge in [0.1, 0.15) is 6.04 Å². The number of carbonyl (C=O) groups excluding carboxylic acids is 3. The molecule has 162 valence electrons. The fourth-order valence-corrected chi connectivity index (χ4v) is 3.79. The van der Waals surface area contributed by atoms with Crippen LogP contribution in [0.15, 0.2) is 84.9 Å². The molecule has 3 aromatic carbocycles. The molecule has 1 aliphatic rings. The van der Waals surface area contributed by atoms with Gasteiger partial charge in [-0.15, -0.1) is 0 Å². The average molecular weight is 428 g/mol. The summed E-state index contributed by atoms with van der Waals surface area (Å²) in [7, 11) is 0. The summed E-state index contributed by atoms with van der Waals surface area (Å²) >= 11 is 0. The molecule has 6 nitrogen and oxygen atoms in total. The van der Waals surface area contributed by atoms with Crippen molar-refractivity contribution in [2.45, 2.75) is 25.3 Å². The van der Waals surface area contributed by atoms with Gasteiger partial charge in [-0.2, -0.15) is 0 Å². The lowest BCUT2D eigenvalue weighted by Crippen LogP contribution is -2.45. The molecule has 0 unspecified atom stereocenters. The lowest BCUT2D eigenvalue weighted by molar-refractivity contribution is -0.118. The highest BCUT2D eigenvalue weighted by molar-refractivity contribution is 6.02. The molecule has 0 radical (unpaired) electrons. The first kappa shape index (κ1) is 21.3. The normalized spacial score (nSPS) is 14.1. The molecular weight excluding hydrogens is 402 g/mol. The number of nitrogens with zero attached hydrogens (tertiary/aromatic N) is 1. The summed E-state index contributed by atoms with van der Waals surface area (Å²) < 4.78 is 0. The highest BCUT2D eigenvalue weighted by Crippen LogP contribution is 2.24. The molecule has 6 heteroatoms. The van der Waals surface area contributed by atoms with Crippen molar-refractivity contribution in [3.05, 3.63) is 96.1 Å². The van der Waals surface area contributed by atoms with Gasteiger partial charge in [-0.3, -0.25) is 14.4 Å². The van der Waals surface area contributed by atoms with Crippen LogP contribution in [-0.4, -0.2) is 30.3 Å². The molecule has 0 spiro atoms. The van der Waals surface area contributed by atoms with Gasteiger partial charge in [-0.1, -0.05) is 54.6 Å². The summed E-state index contributed by atoms with van der Waals surface area (Å²) in [6, 6.07) is 24.9. The monoisotopic (exact) mass is 427 g/mol. The van der Waals surface area contributed by atoms with Crippen molar-refractivity contribution in [3.8, 4) is 0 Å². The molecule has 3 amide bonds. The number of amides is 3. The number of rotatable bonds is 7. The van der Waals surface area contributed by atoms with Crippen LogP contribution in [0.4, 0.5) is 11.4 Å². The van der Waals surface area contributed by atoms with E-state index in [1.54, 1.807) is 41.3 Å². The predicted molar refractivity (Wildman–Crippen MR) is 125 cm³/mol. The van der Waals surface area contributed by atoms with E-state index in [-0.39, 0.29) is 17.7 Å². The third-order valence-corrected chi connectivity index (χ3v) is 5.44. The van der Waals surface area contributed by atoms with Gasteiger partial charge in [0.2, 0.25) is 11.8 Å². The summed E-state index contributed by atoms with van der Waals surface area (Å²) in [5.74, 6) is -0.535. The Morgan fingerprint density at radius 3 is 2.31 bits per heavy atom. The van der Waals surface area contributed by atoms with Crippen LogP contribution in [0.25, 0.3) is 0 Å². The van der Waals surface area contributed by atoms with Crippen molar-refractivity contribution >= 4 is 29.1 Å². The molecule has 32 heavy (non-hydrogen) atoms. The second kappa shape index (κ2) is 9.92. The van der Waals surface area contributed by atoms with Gasteiger partial charge in [0.25, 0.3) is 5.91 Å². The van der Waals surface area contributed by atoms with Gasteiger partial charge in [0.15, 0.2) is 0 Å². The van der Waals surface area contributed by atoms with E-state index in [2.05, 4.69) is 10.6 Å². The van der Waals surface area contributed by atoms with Crippen molar-refractivity contribution in [1.29, 1.82) is 0 Å². The summed E-state index contributed by atoms with van der Waals surface area (Å²) in [5, 5.41) is 5.77. The highest BCUT2D eigenvalue weighted by Gasteiger charge is 2.24. The quantitative estimate of drug-likeness (QED) is 0.602. The zero-order valence-electron chi connectivity index (χ0n) is 17.7. The smallest absolute Gasteiger partial charge is 0.251 e. The average Bonchev–Trinajstić information content (AvgIpc) is 3.26. The van der Waals surface area contributed by atoms with Crippen molar-refractivity contribution < 1.29 is 14.4 Å². The number of nitrogens with one attached hydrogen (secondary N) is 2. The molecule has 4 rings (SSSR count). The maximum absolute atomic E-state index is 13.2.